The number of benzene rings is 1. The van der Waals surface area contributed by atoms with Crippen LogP contribution in [0.3, 0.4) is 0 Å². The summed E-state index contributed by atoms with van der Waals surface area (Å²) >= 11 is 1.88. The molecule has 1 saturated heterocycles. The van der Waals surface area contributed by atoms with Crippen molar-refractivity contribution in [2.45, 2.75) is 26.4 Å². The molecule has 0 aromatic heterocycles. The fraction of sp³-hybridized carbons (Fsp3) is 0.562. The molecule has 0 aliphatic carbocycles. The van der Waals surface area contributed by atoms with Gasteiger partial charge in [-0.3, -0.25) is 14.9 Å². The fourth-order valence-corrected chi connectivity index (χ4v) is 3.46. The lowest BCUT2D eigenvalue weighted by atomic mass is 10.0. The molecule has 6 nitrogen and oxygen atoms in total. The van der Waals surface area contributed by atoms with E-state index < -0.39 is 4.92 Å². The molecule has 23 heavy (non-hydrogen) atoms. The van der Waals surface area contributed by atoms with Gasteiger partial charge in [0, 0.05) is 43.3 Å². The van der Waals surface area contributed by atoms with Crippen LogP contribution in [-0.2, 0) is 11.3 Å². The Morgan fingerprint density at radius 3 is 2.43 bits per heavy atom. The van der Waals surface area contributed by atoms with E-state index in [1.54, 1.807) is 12.1 Å². The smallest absolute Gasteiger partial charge is 0.269 e. The van der Waals surface area contributed by atoms with Crippen molar-refractivity contribution < 1.29 is 9.72 Å². The lowest BCUT2D eigenvalue weighted by Crippen LogP contribution is -2.51. The number of rotatable bonds is 6. The van der Waals surface area contributed by atoms with Gasteiger partial charge in [-0.1, -0.05) is 26.0 Å². The van der Waals surface area contributed by atoms with Crippen molar-refractivity contribution in [1.29, 1.82) is 0 Å². The molecule has 1 aromatic carbocycles. The first-order chi connectivity index (χ1) is 11.0. The van der Waals surface area contributed by atoms with Gasteiger partial charge < -0.3 is 10.2 Å². The Bertz CT molecular complexity index is 542. The van der Waals surface area contributed by atoms with Crippen LogP contribution in [-0.4, -0.2) is 46.4 Å². The van der Waals surface area contributed by atoms with Crippen molar-refractivity contribution in [3.05, 3.63) is 39.9 Å². The number of thioether (sulfide) groups is 1. The maximum atomic E-state index is 12.7. The second kappa shape index (κ2) is 8.31. The minimum absolute atomic E-state index is 0.0797. The van der Waals surface area contributed by atoms with E-state index in [0.717, 1.165) is 30.2 Å². The summed E-state index contributed by atoms with van der Waals surface area (Å²) in [7, 11) is 0. The fourth-order valence-electron chi connectivity index (χ4n) is 2.55. The predicted octanol–water partition coefficient (Wildman–Crippen LogP) is 2.28. The van der Waals surface area contributed by atoms with E-state index in [1.165, 1.54) is 12.1 Å². The zero-order chi connectivity index (χ0) is 16.8. The van der Waals surface area contributed by atoms with E-state index in [1.807, 2.05) is 30.5 Å². The van der Waals surface area contributed by atoms with E-state index in [9.17, 15) is 14.9 Å². The molecule has 1 aliphatic rings. The van der Waals surface area contributed by atoms with Gasteiger partial charge in [-0.15, -0.1) is 0 Å². The molecule has 1 atom stereocenters. The van der Waals surface area contributed by atoms with Crippen LogP contribution in [0.5, 0.6) is 0 Å². The van der Waals surface area contributed by atoms with Crippen LogP contribution >= 0.6 is 11.8 Å². The summed E-state index contributed by atoms with van der Waals surface area (Å²) < 4.78 is 0. The van der Waals surface area contributed by atoms with Crippen molar-refractivity contribution in [3.63, 3.8) is 0 Å². The van der Waals surface area contributed by atoms with Crippen molar-refractivity contribution in [2.24, 2.45) is 5.92 Å². The first-order valence-corrected chi connectivity index (χ1v) is 8.97. The molecule has 1 fully saturated rings. The van der Waals surface area contributed by atoms with Crippen LogP contribution in [0.1, 0.15) is 19.4 Å². The highest BCUT2D eigenvalue weighted by molar-refractivity contribution is 7.99. The Kier molecular flexibility index (Phi) is 6.41. The maximum absolute atomic E-state index is 12.7. The van der Waals surface area contributed by atoms with Crippen molar-refractivity contribution in [2.75, 3.05) is 24.6 Å². The van der Waals surface area contributed by atoms with Gasteiger partial charge in [-0.2, -0.15) is 11.8 Å². The van der Waals surface area contributed by atoms with Crippen molar-refractivity contribution >= 4 is 23.4 Å². The second-order valence-electron chi connectivity index (χ2n) is 5.96. The number of nitro groups is 1. The van der Waals surface area contributed by atoms with E-state index in [-0.39, 0.29) is 23.6 Å². The largest absolute Gasteiger partial charge is 0.340 e. The van der Waals surface area contributed by atoms with Crippen molar-refractivity contribution in [1.82, 2.24) is 10.2 Å². The van der Waals surface area contributed by atoms with E-state index >= 15 is 0 Å². The van der Waals surface area contributed by atoms with Crippen molar-refractivity contribution in [3.8, 4) is 0 Å². The first-order valence-electron chi connectivity index (χ1n) is 7.82. The zero-order valence-corrected chi connectivity index (χ0v) is 14.3. The number of hydrogen-bond donors (Lipinski definition) is 1. The highest BCUT2D eigenvalue weighted by Crippen LogP contribution is 2.15. The Morgan fingerprint density at radius 1 is 1.30 bits per heavy atom. The third-order valence-electron chi connectivity index (χ3n) is 3.93. The molecule has 0 spiro atoms. The minimum Gasteiger partial charge on any atom is -0.340 e. The minimum atomic E-state index is -0.411. The maximum Gasteiger partial charge on any atom is 0.269 e. The molecule has 1 aromatic rings. The number of hydrogen-bond acceptors (Lipinski definition) is 5. The molecule has 1 amide bonds. The Labute approximate surface area is 140 Å². The highest BCUT2D eigenvalue weighted by Gasteiger charge is 2.27. The summed E-state index contributed by atoms with van der Waals surface area (Å²) in [6.45, 7) is 6.21. The lowest BCUT2D eigenvalue weighted by Gasteiger charge is -2.32. The number of nitrogens with zero attached hydrogens (tertiary/aromatic N) is 2. The second-order valence-corrected chi connectivity index (χ2v) is 7.19. The van der Waals surface area contributed by atoms with Crippen LogP contribution in [0.15, 0.2) is 24.3 Å². The molecule has 7 heteroatoms. The average molecular weight is 337 g/mol. The molecule has 0 saturated carbocycles. The molecule has 0 unspecified atom stereocenters. The van der Waals surface area contributed by atoms with E-state index in [2.05, 4.69) is 5.32 Å². The standard InChI is InChI=1S/C16H23N3O3S/c1-12(2)15(16(20)18-7-9-23-10-8-18)17-11-13-3-5-14(6-4-13)19(21)22/h3-6,12,15,17H,7-11H2,1-2H3/t15-/m0/s1. The van der Waals surface area contributed by atoms with Gasteiger partial charge in [-0.25, -0.2) is 0 Å². The number of amides is 1. The third-order valence-corrected chi connectivity index (χ3v) is 4.87. The summed E-state index contributed by atoms with van der Waals surface area (Å²) in [6.07, 6.45) is 0. The van der Waals surface area contributed by atoms with Crippen LogP contribution in [0, 0.1) is 16.0 Å². The summed E-state index contributed by atoms with van der Waals surface area (Å²) in [5, 5.41) is 14.0. The third kappa shape index (κ3) is 4.94. The summed E-state index contributed by atoms with van der Waals surface area (Å²) in [5.41, 5.74) is 1.01. The van der Waals surface area contributed by atoms with E-state index in [0.29, 0.717) is 6.54 Å². The first kappa shape index (κ1) is 17.7. The average Bonchev–Trinajstić information content (AvgIpc) is 2.55. The topological polar surface area (TPSA) is 75.5 Å². The normalized spacial score (nSPS) is 16.4. The van der Waals surface area contributed by atoms with E-state index in [4.69, 9.17) is 0 Å². The van der Waals surface area contributed by atoms with Gasteiger partial charge in [-0.05, 0) is 11.5 Å². The number of nitrogens with one attached hydrogen (secondary N) is 1. The van der Waals surface area contributed by atoms with Crippen LogP contribution in [0.4, 0.5) is 5.69 Å². The number of non-ortho nitro benzene ring substituents is 1. The molecule has 0 bridgehead atoms. The summed E-state index contributed by atoms with van der Waals surface area (Å²) in [4.78, 5) is 24.9. The monoisotopic (exact) mass is 337 g/mol. The molecule has 2 rings (SSSR count). The lowest BCUT2D eigenvalue weighted by molar-refractivity contribution is -0.384. The number of carbonyl (C=O) groups excluding carboxylic acids is 1. The van der Waals surface area contributed by atoms with Crippen LogP contribution in [0.2, 0.25) is 0 Å². The predicted molar refractivity (Wildman–Crippen MR) is 92.5 cm³/mol. The Morgan fingerprint density at radius 2 is 1.91 bits per heavy atom. The van der Waals surface area contributed by atoms with Crippen LogP contribution < -0.4 is 5.32 Å². The molecular weight excluding hydrogens is 314 g/mol. The Balaban J connectivity index is 1.96. The van der Waals surface area contributed by atoms with Gasteiger partial charge in [0.25, 0.3) is 5.69 Å². The SMILES string of the molecule is CC(C)[C@H](NCc1ccc([N+](=O)[O-])cc1)C(=O)N1CCSCC1. The molecule has 1 aliphatic heterocycles. The van der Waals surface area contributed by atoms with Crippen LogP contribution in [0.25, 0.3) is 0 Å². The molecular formula is C16H23N3O3S. The molecule has 0 radical (unpaired) electrons. The summed E-state index contributed by atoms with van der Waals surface area (Å²) in [6, 6.07) is 6.21. The zero-order valence-electron chi connectivity index (χ0n) is 13.5. The highest BCUT2D eigenvalue weighted by atomic mass is 32.2. The van der Waals surface area contributed by atoms with Gasteiger partial charge in [0.05, 0.1) is 11.0 Å². The molecule has 126 valence electrons. The number of carbonyl (C=O) groups is 1. The van der Waals surface area contributed by atoms with Gasteiger partial charge in [0.1, 0.15) is 0 Å². The number of nitro benzene ring substituents is 1. The Hall–Kier alpha value is -1.60. The molecule has 1 heterocycles. The quantitative estimate of drug-likeness (QED) is 0.637. The van der Waals surface area contributed by atoms with Gasteiger partial charge in [0.15, 0.2) is 0 Å². The summed E-state index contributed by atoms with van der Waals surface area (Å²) in [5.74, 6) is 2.34. The van der Waals surface area contributed by atoms with Gasteiger partial charge in [0.2, 0.25) is 5.91 Å². The van der Waals surface area contributed by atoms with Gasteiger partial charge >= 0.3 is 0 Å². The molecule has 1 N–H and O–H groups in total.